The van der Waals surface area contributed by atoms with Gasteiger partial charge >= 0.3 is 7.82 Å². The number of fused-ring (bicyclic) bond motifs is 1. The number of hydrogen-bond acceptors (Lipinski definition) is 11. The van der Waals surface area contributed by atoms with E-state index < -0.39 is 45.2 Å². The number of imidazole rings is 1. The lowest BCUT2D eigenvalue weighted by molar-refractivity contribution is -0.0504. The van der Waals surface area contributed by atoms with Crippen LogP contribution in [-0.4, -0.2) is 83.8 Å². The molecular formula is C14H23N6O8P. The van der Waals surface area contributed by atoms with Gasteiger partial charge in [-0.1, -0.05) is 0 Å². The van der Waals surface area contributed by atoms with Gasteiger partial charge in [0.15, 0.2) is 23.2 Å². The molecule has 2 aromatic heterocycles. The maximum Gasteiger partial charge on any atom is 0.469 e. The molecule has 1 aliphatic rings. The van der Waals surface area contributed by atoms with E-state index in [-0.39, 0.29) is 0 Å². The van der Waals surface area contributed by atoms with Gasteiger partial charge in [0.25, 0.3) is 0 Å². The second-order valence-electron chi connectivity index (χ2n) is 6.32. The van der Waals surface area contributed by atoms with E-state index in [1.807, 2.05) is 0 Å². The molecule has 0 bridgehead atoms. The largest absolute Gasteiger partial charge is 0.469 e. The Kier molecular flexibility index (Phi) is 6.78. The third-order valence-corrected chi connectivity index (χ3v) is 4.69. The number of anilines is 1. The Morgan fingerprint density at radius 2 is 2.10 bits per heavy atom. The normalized spacial score (nSPS) is 26.1. The average molecular weight is 434 g/mol. The van der Waals surface area contributed by atoms with Crippen LogP contribution in [0.15, 0.2) is 12.7 Å². The first-order chi connectivity index (χ1) is 13.7. The second kappa shape index (κ2) is 8.95. The minimum atomic E-state index is -4.75. The van der Waals surface area contributed by atoms with Gasteiger partial charge in [0.2, 0.25) is 0 Å². The van der Waals surface area contributed by atoms with Crippen molar-refractivity contribution in [1.29, 1.82) is 0 Å². The van der Waals surface area contributed by atoms with Crippen LogP contribution in [0.1, 0.15) is 13.2 Å². The zero-order chi connectivity index (χ0) is 21.2. The lowest BCUT2D eigenvalue weighted by atomic mass is 10.1. The van der Waals surface area contributed by atoms with Crippen molar-refractivity contribution in [3.63, 3.8) is 0 Å². The van der Waals surface area contributed by atoms with Gasteiger partial charge in [-0.25, -0.2) is 19.5 Å². The molecule has 162 valence electrons. The van der Waals surface area contributed by atoms with Crippen LogP contribution in [0.3, 0.4) is 0 Å². The fourth-order valence-electron chi connectivity index (χ4n) is 2.89. The number of nitrogens with zero attached hydrogens (tertiary/aromatic N) is 4. The molecule has 1 unspecified atom stereocenters. The summed E-state index contributed by atoms with van der Waals surface area (Å²) in [7, 11) is -4.75. The van der Waals surface area contributed by atoms with Gasteiger partial charge in [-0.05, 0) is 6.92 Å². The maximum absolute atomic E-state index is 10.9. The van der Waals surface area contributed by atoms with Crippen molar-refractivity contribution in [1.82, 2.24) is 19.5 Å². The zero-order valence-corrected chi connectivity index (χ0v) is 16.3. The van der Waals surface area contributed by atoms with Crippen LogP contribution in [-0.2, 0) is 18.6 Å². The van der Waals surface area contributed by atoms with Gasteiger partial charge in [0, 0.05) is 6.54 Å². The van der Waals surface area contributed by atoms with Crippen LogP contribution in [0, 0.1) is 0 Å². The number of hydrogen-bond donors (Lipinski definition) is 6. The standard InChI is InChI=1S/C14H23N6O8P/c1-7(26-3-2-15)19-12-9-13(17-5-16-12)20(6-18-9)14-11(22)10(21)8(28-14)4-27-29(23,24)25/h5-8,10-11,14,21-22H,2-4,15H2,1H3,(H,16,17,19)(H2,23,24,25)/t7?,8-,10-,11-,14-/m1/s1. The lowest BCUT2D eigenvalue weighted by Crippen LogP contribution is -2.33. The smallest absolute Gasteiger partial charge is 0.387 e. The Labute approximate surface area is 164 Å². The van der Waals surface area contributed by atoms with E-state index in [9.17, 15) is 14.8 Å². The van der Waals surface area contributed by atoms with Crippen molar-refractivity contribution >= 4 is 24.8 Å². The second-order valence-corrected chi connectivity index (χ2v) is 7.56. The number of nitrogens with one attached hydrogen (secondary N) is 1. The monoisotopic (exact) mass is 434 g/mol. The molecule has 0 amide bonds. The maximum atomic E-state index is 10.9. The number of nitrogens with two attached hydrogens (primary N) is 1. The van der Waals surface area contributed by atoms with Gasteiger partial charge in [0.05, 0.1) is 19.5 Å². The molecule has 7 N–H and O–H groups in total. The molecule has 2 aromatic rings. The highest BCUT2D eigenvalue weighted by molar-refractivity contribution is 7.46. The predicted molar refractivity (Wildman–Crippen MR) is 97.3 cm³/mol. The predicted octanol–water partition coefficient (Wildman–Crippen LogP) is -1.71. The van der Waals surface area contributed by atoms with E-state index in [1.54, 1.807) is 6.92 Å². The third kappa shape index (κ3) is 5.06. The Balaban J connectivity index is 1.80. The Morgan fingerprint density at radius 1 is 1.34 bits per heavy atom. The first-order valence-corrected chi connectivity index (χ1v) is 10.2. The molecule has 29 heavy (non-hydrogen) atoms. The molecule has 5 atom stereocenters. The quantitative estimate of drug-likeness (QED) is 0.192. The van der Waals surface area contributed by atoms with Gasteiger partial charge < -0.3 is 40.5 Å². The third-order valence-electron chi connectivity index (χ3n) is 4.20. The van der Waals surface area contributed by atoms with Crippen molar-refractivity contribution in [2.45, 2.75) is 37.7 Å². The topological polar surface area (TPSA) is 207 Å². The highest BCUT2D eigenvalue weighted by Gasteiger charge is 2.45. The number of aromatic nitrogens is 4. The summed E-state index contributed by atoms with van der Waals surface area (Å²) in [5, 5.41) is 23.5. The van der Waals surface area contributed by atoms with Gasteiger partial charge in [-0.2, -0.15) is 0 Å². The van der Waals surface area contributed by atoms with E-state index in [2.05, 4.69) is 24.8 Å². The summed E-state index contributed by atoms with van der Waals surface area (Å²) < 4.78 is 27.6. The first kappa shape index (κ1) is 22.0. The molecule has 1 aliphatic heterocycles. The molecule has 1 fully saturated rings. The Bertz CT molecular complexity index is 877. The SMILES string of the molecule is CC(Nc1ncnc2c1ncn2[C@@H]1O[C@H](COP(=O)(O)O)[C@@H](O)[C@H]1O)OCCN. The van der Waals surface area contributed by atoms with Crippen molar-refractivity contribution in [3.05, 3.63) is 12.7 Å². The van der Waals surface area contributed by atoms with Crippen molar-refractivity contribution in [3.8, 4) is 0 Å². The summed E-state index contributed by atoms with van der Waals surface area (Å²) in [5.74, 6) is 0.382. The number of phosphoric ester groups is 1. The van der Waals surface area contributed by atoms with Crippen LogP contribution in [0.25, 0.3) is 11.2 Å². The van der Waals surface area contributed by atoms with Gasteiger partial charge in [0.1, 0.15) is 30.9 Å². The van der Waals surface area contributed by atoms with E-state index in [4.69, 9.17) is 25.0 Å². The van der Waals surface area contributed by atoms with E-state index in [0.29, 0.717) is 30.1 Å². The number of aliphatic hydroxyl groups excluding tert-OH is 2. The number of phosphoric acid groups is 1. The highest BCUT2D eigenvalue weighted by atomic mass is 31.2. The van der Waals surface area contributed by atoms with Crippen molar-refractivity contribution in [2.24, 2.45) is 5.73 Å². The fraction of sp³-hybridized carbons (Fsp3) is 0.643. The van der Waals surface area contributed by atoms with E-state index >= 15 is 0 Å². The molecule has 0 aromatic carbocycles. The van der Waals surface area contributed by atoms with Gasteiger partial charge in [-0.3, -0.25) is 9.09 Å². The minimum Gasteiger partial charge on any atom is -0.387 e. The summed E-state index contributed by atoms with van der Waals surface area (Å²) in [5.41, 5.74) is 6.09. The molecule has 3 heterocycles. The van der Waals surface area contributed by atoms with E-state index in [1.165, 1.54) is 17.2 Å². The number of aliphatic hydroxyl groups is 2. The van der Waals surface area contributed by atoms with Gasteiger partial charge in [-0.15, -0.1) is 0 Å². The van der Waals surface area contributed by atoms with Crippen LogP contribution >= 0.6 is 7.82 Å². The van der Waals surface area contributed by atoms with Crippen LogP contribution in [0.5, 0.6) is 0 Å². The molecular weight excluding hydrogens is 411 g/mol. The van der Waals surface area contributed by atoms with E-state index in [0.717, 1.165) is 0 Å². The van der Waals surface area contributed by atoms with Crippen LogP contribution < -0.4 is 11.1 Å². The van der Waals surface area contributed by atoms with Crippen molar-refractivity contribution < 1.29 is 38.6 Å². The Hall–Kier alpha value is -1.74. The molecule has 0 aliphatic carbocycles. The molecule has 14 nitrogen and oxygen atoms in total. The number of rotatable bonds is 9. The van der Waals surface area contributed by atoms with Crippen molar-refractivity contribution in [2.75, 3.05) is 25.1 Å². The average Bonchev–Trinajstić information content (AvgIpc) is 3.20. The summed E-state index contributed by atoms with van der Waals surface area (Å²) in [6.45, 7) is 1.89. The fourth-order valence-corrected chi connectivity index (χ4v) is 3.23. The Morgan fingerprint density at radius 3 is 2.79 bits per heavy atom. The first-order valence-electron chi connectivity index (χ1n) is 8.68. The summed E-state index contributed by atoms with van der Waals surface area (Å²) in [4.78, 5) is 30.1. The highest BCUT2D eigenvalue weighted by Crippen LogP contribution is 2.38. The molecule has 0 radical (unpaired) electrons. The summed E-state index contributed by atoms with van der Waals surface area (Å²) in [6.07, 6.45) is -2.87. The lowest BCUT2D eigenvalue weighted by Gasteiger charge is -2.17. The zero-order valence-electron chi connectivity index (χ0n) is 15.4. The summed E-state index contributed by atoms with van der Waals surface area (Å²) >= 11 is 0. The van der Waals surface area contributed by atoms with Crippen LogP contribution in [0.2, 0.25) is 0 Å². The molecule has 15 heteroatoms. The molecule has 1 saturated heterocycles. The molecule has 0 spiro atoms. The minimum absolute atomic E-state index is 0.307. The summed E-state index contributed by atoms with van der Waals surface area (Å²) in [6, 6.07) is 0. The van der Waals surface area contributed by atoms with Crippen LogP contribution in [0.4, 0.5) is 5.82 Å². The molecule has 3 rings (SSSR count). The number of ether oxygens (including phenoxy) is 2. The molecule has 0 saturated carbocycles.